The molecule has 5 fully saturated rings. The molecule has 0 radical (unpaired) electrons. The van der Waals surface area contributed by atoms with Crippen molar-refractivity contribution in [3.05, 3.63) is 45.5 Å². The number of unbranched alkanes of at least 4 members (excludes halogenated alkanes) is 1. The van der Waals surface area contributed by atoms with Crippen LogP contribution in [0.3, 0.4) is 0 Å². The molecule has 9 rings (SSSR count). The van der Waals surface area contributed by atoms with Gasteiger partial charge in [0.25, 0.3) is 0 Å². The van der Waals surface area contributed by atoms with Crippen molar-refractivity contribution in [3.8, 4) is 5.75 Å². The molecule has 7 aliphatic rings. The Hall–Kier alpha value is -5.55. The van der Waals surface area contributed by atoms with Gasteiger partial charge in [-0.25, -0.2) is 19.4 Å². The number of carbonyl (C=O) groups excluding carboxylic acids is 6. The number of ether oxygens (including phenoxy) is 4. The van der Waals surface area contributed by atoms with Crippen LogP contribution in [0.25, 0.3) is 10.2 Å². The molecule has 0 bridgehead atoms. The number of aromatic nitrogens is 1. The molecular weight excluding hydrogens is 1150 g/mol. The maximum atomic E-state index is 13.9. The van der Waals surface area contributed by atoms with Crippen LogP contribution in [0.5, 0.6) is 5.75 Å². The van der Waals surface area contributed by atoms with Gasteiger partial charge < -0.3 is 49.6 Å². The van der Waals surface area contributed by atoms with Crippen molar-refractivity contribution in [2.75, 3.05) is 65.4 Å². The molecule has 1 saturated heterocycles. The third-order valence-corrected chi connectivity index (χ3v) is 22.9. The third-order valence-electron chi connectivity index (χ3n) is 20.7. The van der Waals surface area contributed by atoms with Gasteiger partial charge in [-0.3, -0.25) is 29.0 Å². The third kappa shape index (κ3) is 14.7. The molecule has 2 aliphatic heterocycles. The zero-order valence-corrected chi connectivity index (χ0v) is 53.6. The fourth-order valence-corrected chi connectivity index (χ4v) is 17.8. The predicted octanol–water partition coefficient (Wildman–Crippen LogP) is 9.21. The fraction of sp³-hybridized carbons (Fsp3) is 0.692. The first-order chi connectivity index (χ1) is 41.4. The number of allylic oxidation sites excluding steroid dienone is 4. The van der Waals surface area contributed by atoms with Gasteiger partial charge in [-0.05, 0) is 144 Å². The second-order valence-corrected chi connectivity index (χ2v) is 28.5. The van der Waals surface area contributed by atoms with E-state index in [2.05, 4.69) is 34.5 Å². The van der Waals surface area contributed by atoms with E-state index in [1.165, 1.54) is 84.3 Å². The standard InChI is InChI=1S/C65H90N6O14S2/c1-37(44-19-20-45-43-18-16-41-13-9-11-24-64(41,7)46(43)34-51-65(44,45)85-51)15-22-53(73)67-48(60(77)78)14-10-12-25-66-52(72)23-29-82-31-32-83-30-28-71(27-26-70(8)54(74)35-63(5,6)55-40(4)56(75)38(2)39(3)57(55)76)62(81)84-42-17-21-47-50(33-42)87-59(68-47)58-69-49(36-86-58)61(79)80/h17,21,33,37,41,43-46,48-49,51H,9-16,18-20,22-32,34-36H2,1-8H3,(H,66,72)(H,67,73)(H,77,78)(H,79,80)/t37-,41+,43+,44-,45+,46+,48?,49?,51+,64+,65+/m1/s1. The van der Waals surface area contributed by atoms with Crippen molar-refractivity contribution in [2.45, 2.75) is 175 Å². The van der Waals surface area contributed by atoms with E-state index in [1.807, 2.05) is 0 Å². The lowest BCUT2D eigenvalue weighted by Gasteiger charge is -2.57. The van der Waals surface area contributed by atoms with E-state index in [-0.39, 0.29) is 112 Å². The van der Waals surface area contributed by atoms with Gasteiger partial charge in [0.2, 0.25) is 17.7 Å². The number of nitrogens with one attached hydrogen (secondary N) is 2. The van der Waals surface area contributed by atoms with Crippen molar-refractivity contribution >= 4 is 85.7 Å². The minimum atomic E-state index is -1.07. The summed E-state index contributed by atoms with van der Waals surface area (Å²) in [4.78, 5) is 115. The minimum Gasteiger partial charge on any atom is -0.480 e. The number of carboxylic acid groups (broad SMARTS) is 2. The lowest BCUT2D eigenvalue weighted by atomic mass is 9.47. The molecule has 22 heteroatoms. The Balaban J connectivity index is 0.668. The molecule has 3 heterocycles. The van der Waals surface area contributed by atoms with Crippen LogP contribution in [0.4, 0.5) is 4.79 Å². The highest BCUT2D eigenvalue weighted by Gasteiger charge is 2.75. The number of rotatable bonds is 29. The topological polar surface area (TPSA) is 273 Å². The number of fused-ring (bicyclic) bond motifs is 5. The molecule has 20 nitrogen and oxygen atoms in total. The zero-order valence-electron chi connectivity index (χ0n) is 52.0. The van der Waals surface area contributed by atoms with Crippen LogP contribution in [0, 0.1) is 46.3 Å². The fourth-order valence-electron chi connectivity index (χ4n) is 15.7. The van der Waals surface area contributed by atoms with Gasteiger partial charge in [-0.1, -0.05) is 40.5 Å². The number of aliphatic imine (C=N–C) groups is 1. The number of thiazole rings is 1. The van der Waals surface area contributed by atoms with Crippen LogP contribution in [0.15, 0.2) is 45.5 Å². The summed E-state index contributed by atoms with van der Waals surface area (Å²) < 4.78 is 24.8. The van der Waals surface area contributed by atoms with E-state index in [0.717, 1.165) is 24.2 Å². The van der Waals surface area contributed by atoms with Crippen LogP contribution in [0.2, 0.25) is 0 Å². The Labute approximate surface area is 519 Å². The highest BCUT2D eigenvalue weighted by molar-refractivity contribution is 8.15. The number of epoxide rings is 1. The normalized spacial score (nSPS) is 27.4. The van der Waals surface area contributed by atoms with Crippen LogP contribution >= 0.6 is 23.1 Å². The van der Waals surface area contributed by atoms with Gasteiger partial charge in [0.1, 0.15) is 27.4 Å². The van der Waals surface area contributed by atoms with Gasteiger partial charge >= 0.3 is 18.0 Å². The van der Waals surface area contributed by atoms with E-state index < -0.39 is 35.5 Å². The molecule has 2 aromatic rings. The summed E-state index contributed by atoms with van der Waals surface area (Å²) in [7, 11) is 1.60. The molecular formula is C65H90N6O14S2. The molecule has 1 spiro atoms. The summed E-state index contributed by atoms with van der Waals surface area (Å²) in [6, 6.07) is 3.13. The molecule has 1 aromatic carbocycles. The van der Waals surface area contributed by atoms with Gasteiger partial charge in [0.15, 0.2) is 17.6 Å². The second kappa shape index (κ2) is 28.1. The number of hydrogen-bond donors (Lipinski definition) is 4. The lowest BCUT2D eigenvalue weighted by molar-refractivity contribution is -0.142. The zero-order chi connectivity index (χ0) is 62.5. The van der Waals surface area contributed by atoms with Crippen molar-refractivity contribution in [1.82, 2.24) is 25.4 Å². The largest absolute Gasteiger partial charge is 0.480 e. The highest BCUT2D eigenvalue weighted by atomic mass is 32.2. The Morgan fingerprint density at radius 3 is 2.37 bits per heavy atom. The Kier molecular flexibility index (Phi) is 21.3. The number of carboxylic acids is 2. The maximum absolute atomic E-state index is 13.9. The van der Waals surface area contributed by atoms with Gasteiger partial charge in [-0.15, -0.1) is 23.1 Å². The number of nitrogens with zero attached hydrogens (tertiary/aromatic N) is 4. The van der Waals surface area contributed by atoms with Crippen LogP contribution < -0.4 is 15.4 Å². The lowest BCUT2D eigenvalue weighted by Crippen LogP contribution is -2.53. The molecule has 87 heavy (non-hydrogen) atoms. The molecule has 4 saturated carbocycles. The van der Waals surface area contributed by atoms with Gasteiger partial charge in [0, 0.05) is 92.0 Å². The second-order valence-electron chi connectivity index (χ2n) is 26.5. The first kappa shape index (κ1) is 65.9. The van der Waals surface area contributed by atoms with Crippen LogP contribution in [0.1, 0.15) is 156 Å². The summed E-state index contributed by atoms with van der Waals surface area (Å²) in [5.74, 6) is 1.04. The Morgan fingerprint density at radius 2 is 1.62 bits per heavy atom. The summed E-state index contributed by atoms with van der Waals surface area (Å²) in [5, 5.41) is 26.1. The first-order valence-corrected chi connectivity index (χ1v) is 33.4. The molecule has 476 valence electrons. The summed E-state index contributed by atoms with van der Waals surface area (Å²) in [5.41, 5.74) is 1.52. The van der Waals surface area contributed by atoms with Crippen LogP contribution in [-0.2, 0) is 47.8 Å². The molecule has 5 aliphatic carbocycles. The van der Waals surface area contributed by atoms with Crippen LogP contribution in [-0.4, -0.2) is 167 Å². The maximum Gasteiger partial charge on any atom is 0.415 e. The molecule has 4 N–H and O–H groups in total. The quantitative estimate of drug-likeness (QED) is 0.0336. The van der Waals surface area contributed by atoms with Gasteiger partial charge in [0.05, 0.1) is 42.7 Å². The predicted molar refractivity (Wildman–Crippen MR) is 331 cm³/mol. The minimum absolute atomic E-state index is 0.0158. The summed E-state index contributed by atoms with van der Waals surface area (Å²) in [6.45, 7) is 14.4. The molecule has 4 amide bonds. The number of carbonyl (C=O) groups is 8. The number of hydrogen-bond acceptors (Lipinski definition) is 16. The smallest absolute Gasteiger partial charge is 0.415 e. The van der Waals surface area contributed by atoms with E-state index >= 15 is 0 Å². The highest BCUT2D eigenvalue weighted by Crippen LogP contribution is 2.72. The SMILES string of the molecule is CC1=C(C)C(=O)C(C(C)(C)CC(=O)N(C)CCN(CCOCCOCCC(=O)NCCCCC(NC(=O)CC[C@@H](C)[C@H]2CC[C@H]3[C@@H]4CC[C@@H]5CCCC[C@]5(C)[C@H]4C[C@@H]4O[C@@]423)C(=O)O)C(=O)Oc2ccc3nc(C4=NC(C(=O)O)CS4)sc3c2)=C(C)C1=O. The van der Waals surface area contributed by atoms with Crippen molar-refractivity contribution in [1.29, 1.82) is 0 Å². The summed E-state index contributed by atoms with van der Waals surface area (Å²) >= 11 is 2.62. The van der Waals surface area contributed by atoms with Gasteiger partial charge in [-0.2, -0.15) is 0 Å². The summed E-state index contributed by atoms with van der Waals surface area (Å²) in [6.07, 6.45) is 13.7. The Morgan fingerprint density at radius 1 is 0.862 bits per heavy atom. The monoisotopic (exact) mass is 1240 g/mol. The number of ketones is 2. The van der Waals surface area contributed by atoms with E-state index in [9.17, 15) is 48.6 Å². The number of Topliss-reactive ketones (excluding diaryl/α,β-unsaturated/α-hetero) is 2. The Bertz CT molecular complexity index is 3070. The number of benzene rings is 1. The van der Waals surface area contributed by atoms with Crippen molar-refractivity contribution in [2.24, 2.45) is 51.3 Å². The first-order valence-electron chi connectivity index (χ1n) is 31.6. The molecule has 1 aromatic heterocycles. The number of thioether (sulfide) groups is 1. The number of likely N-dealkylation sites (N-methyl/N-ethyl adjacent to an activating group) is 1. The number of aliphatic carboxylic acids is 2. The van der Waals surface area contributed by atoms with Crippen molar-refractivity contribution in [3.63, 3.8) is 0 Å². The average molecular weight is 1240 g/mol. The molecule has 2 unspecified atom stereocenters. The van der Waals surface area contributed by atoms with E-state index in [4.69, 9.17) is 18.9 Å². The number of amides is 4. The van der Waals surface area contributed by atoms with E-state index in [1.54, 1.807) is 59.9 Å². The molecule has 11 atom stereocenters. The van der Waals surface area contributed by atoms with E-state index in [0.29, 0.717) is 103 Å². The average Bonchev–Trinajstić information content (AvgIpc) is 1.52. The van der Waals surface area contributed by atoms with Crippen molar-refractivity contribution < 1.29 is 67.5 Å².